The van der Waals surface area contributed by atoms with E-state index in [2.05, 4.69) is 54.7 Å². The lowest BCUT2D eigenvalue weighted by molar-refractivity contribution is 0.352. The molecule has 2 heteroatoms. The van der Waals surface area contributed by atoms with Gasteiger partial charge in [-0.05, 0) is 48.6 Å². The first-order chi connectivity index (χ1) is 11.2. The van der Waals surface area contributed by atoms with Gasteiger partial charge in [0, 0.05) is 12.0 Å². The number of methoxy groups -OCH3 is 1. The number of hydrogen-bond acceptors (Lipinski definition) is 2. The molecule has 120 valence electrons. The van der Waals surface area contributed by atoms with Crippen LogP contribution in [0.15, 0.2) is 42.5 Å². The van der Waals surface area contributed by atoms with Crippen molar-refractivity contribution in [2.24, 2.45) is 0 Å². The summed E-state index contributed by atoms with van der Waals surface area (Å²) in [5, 5.41) is 3.84. The first-order valence-electron chi connectivity index (χ1n) is 8.70. The average Bonchev–Trinajstić information content (AvgIpc) is 3.06. The van der Waals surface area contributed by atoms with Gasteiger partial charge in [0.2, 0.25) is 0 Å². The van der Waals surface area contributed by atoms with Crippen LogP contribution < -0.4 is 10.1 Å². The molecule has 23 heavy (non-hydrogen) atoms. The van der Waals surface area contributed by atoms with Crippen molar-refractivity contribution in [1.82, 2.24) is 5.32 Å². The minimum Gasteiger partial charge on any atom is -0.497 e. The molecule has 1 unspecified atom stereocenters. The number of ether oxygens (including phenoxy) is 1. The van der Waals surface area contributed by atoms with Crippen molar-refractivity contribution in [2.45, 2.75) is 44.1 Å². The van der Waals surface area contributed by atoms with Crippen LogP contribution in [0.3, 0.4) is 0 Å². The lowest BCUT2D eigenvalue weighted by atomic mass is 9.71. The Kier molecular flexibility index (Phi) is 3.65. The second-order valence-electron chi connectivity index (χ2n) is 7.17. The molecule has 0 bridgehead atoms. The van der Waals surface area contributed by atoms with E-state index < -0.39 is 0 Å². The van der Waals surface area contributed by atoms with Crippen LogP contribution in [0.2, 0.25) is 0 Å². The molecule has 1 atom stereocenters. The zero-order valence-electron chi connectivity index (χ0n) is 14.1. The van der Waals surface area contributed by atoms with E-state index in [9.17, 15) is 0 Å². The van der Waals surface area contributed by atoms with E-state index in [0.717, 1.165) is 12.3 Å². The topological polar surface area (TPSA) is 21.3 Å². The van der Waals surface area contributed by atoms with E-state index in [1.807, 2.05) is 0 Å². The lowest BCUT2D eigenvalue weighted by Crippen LogP contribution is -2.44. The van der Waals surface area contributed by atoms with Crippen molar-refractivity contribution < 1.29 is 4.74 Å². The first-order valence-corrected chi connectivity index (χ1v) is 8.70. The summed E-state index contributed by atoms with van der Waals surface area (Å²) in [6.07, 6.45) is 5.27. The van der Waals surface area contributed by atoms with Gasteiger partial charge in [0.1, 0.15) is 5.75 Å². The molecular weight excluding hydrogens is 282 g/mol. The molecule has 0 amide bonds. The summed E-state index contributed by atoms with van der Waals surface area (Å²) in [5.41, 5.74) is 5.92. The van der Waals surface area contributed by atoms with Gasteiger partial charge in [0.05, 0.1) is 13.2 Å². The largest absolute Gasteiger partial charge is 0.497 e. The Morgan fingerprint density at radius 3 is 2.48 bits per heavy atom. The van der Waals surface area contributed by atoms with Crippen molar-refractivity contribution in [2.75, 3.05) is 13.7 Å². The lowest BCUT2D eigenvalue weighted by Gasteiger charge is -2.41. The molecule has 0 radical (unpaired) electrons. The molecule has 2 nitrogen and oxygen atoms in total. The first kappa shape index (κ1) is 14.8. The maximum Gasteiger partial charge on any atom is 0.119 e. The van der Waals surface area contributed by atoms with Crippen LogP contribution in [0.5, 0.6) is 5.75 Å². The predicted molar refractivity (Wildman–Crippen MR) is 94.2 cm³/mol. The summed E-state index contributed by atoms with van der Waals surface area (Å²) in [6, 6.07) is 15.9. The summed E-state index contributed by atoms with van der Waals surface area (Å²) >= 11 is 0. The summed E-state index contributed by atoms with van der Waals surface area (Å²) in [4.78, 5) is 0. The number of rotatable bonds is 2. The third kappa shape index (κ3) is 2.46. The fraction of sp³-hybridized carbons (Fsp3) is 0.429. The van der Waals surface area contributed by atoms with Gasteiger partial charge in [0.15, 0.2) is 0 Å². The average molecular weight is 307 g/mol. The highest BCUT2D eigenvalue weighted by molar-refractivity contribution is 5.48. The number of hydrogen-bond donors (Lipinski definition) is 1. The highest BCUT2D eigenvalue weighted by Gasteiger charge is 2.42. The van der Waals surface area contributed by atoms with E-state index in [-0.39, 0.29) is 0 Å². The van der Waals surface area contributed by atoms with Crippen LogP contribution in [-0.2, 0) is 5.41 Å². The molecule has 2 aromatic rings. The van der Waals surface area contributed by atoms with E-state index >= 15 is 0 Å². The quantitative estimate of drug-likeness (QED) is 0.881. The van der Waals surface area contributed by atoms with Gasteiger partial charge >= 0.3 is 0 Å². The summed E-state index contributed by atoms with van der Waals surface area (Å²) < 4.78 is 5.52. The van der Waals surface area contributed by atoms with Gasteiger partial charge in [-0.1, -0.05) is 48.7 Å². The van der Waals surface area contributed by atoms with Crippen LogP contribution in [0.25, 0.3) is 0 Å². The highest BCUT2D eigenvalue weighted by atomic mass is 16.5. The molecule has 1 saturated carbocycles. The van der Waals surface area contributed by atoms with E-state index in [1.54, 1.807) is 7.11 Å². The van der Waals surface area contributed by atoms with Crippen molar-refractivity contribution in [3.8, 4) is 5.75 Å². The Bertz CT molecular complexity index is 698. The zero-order chi connectivity index (χ0) is 15.9. The molecule has 1 N–H and O–H groups in total. The molecule has 1 fully saturated rings. The third-order valence-electron chi connectivity index (χ3n) is 5.76. The van der Waals surface area contributed by atoms with Gasteiger partial charge in [-0.15, -0.1) is 0 Å². The Labute approximate surface area is 138 Å². The Balaban J connectivity index is 1.81. The minimum absolute atomic E-state index is 0.294. The van der Waals surface area contributed by atoms with Crippen LogP contribution >= 0.6 is 0 Å². The molecule has 2 aliphatic rings. The summed E-state index contributed by atoms with van der Waals surface area (Å²) in [5.74, 6) is 0.986. The fourth-order valence-corrected chi connectivity index (χ4v) is 4.43. The van der Waals surface area contributed by atoms with Crippen molar-refractivity contribution >= 4 is 0 Å². The molecule has 1 heterocycles. The van der Waals surface area contributed by atoms with Crippen LogP contribution in [0, 0.1) is 6.92 Å². The zero-order valence-corrected chi connectivity index (χ0v) is 14.1. The normalized spacial score (nSPS) is 22.1. The van der Waals surface area contributed by atoms with E-state index in [4.69, 9.17) is 4.74 Å². The minimum atomic E-state index is 0.294. The second-order valence-corrected chi connectivity index (χ2v) is 7.17. The fourth-order valence-electron chi connectivity index (χ4n) is 4.43. The monoisotopic (exact) mass is 307 g/mol. The molecular formula is C21H25NO. The van der Waals surface area contributed by atoms with Crippen molar-refractivity contribution in [3.63, 3.8) is 0 Å². The maximum atomic E-state index is 5.52. The van der Waals surface area contributed by atoms with Gasteiger partial charge in [-0.3, -0.25) is 0 Å². The summed E-state index contributed by atoms with van der Waals surface area (Å²) in [7, 11) is 1.77. The van der Waals surface area contributed by atoms with Crippen molar-refractivity contribution in [3.05, 3.63) is 64.7 Å². The number of fused-ring (bicyclic) bond motifs is 2. The van der Waals surface area contributed by atoms with Gasteiger partial charge in [0.25, 0.3) is 0 Å². The number of nitrogens with one attached hydrogen (secondary N) is 1. The standard InChI is InChI=1S/C21H25NO/c1-15-5-7-16(8-6-15)20-18-10-9-17(23-2)13-19(18)21(14-22-20)11-3-4-12-21/h5-10,13,20,22H,3-4,11-12,14H2,1-2H3. The number of aryl methyl sites for hydroxylation is 1. The van der Waals surface area contributed by atoms with Crippen LogP contribution in [0.1, 0.15) is 54.0 Å². The van der Waals surface area contributed by atoms with Gasteiger partial charge < -0.3 is 10.1 Å². The molecule has 2 aromatic carbocycles. The molecule has 1 aliphatic carbocycles. The molecule has 4 rings (SSSR count). The van der Waals surface area contributed by atoms with Crippen LogP contribution in [0.4, 0.5) is 0 Å². The molecule has 1 aliphatic heterocycles. The van der Waals surface area contributed by atoms with E-state index in [0.29, 0.717) is 11.5 Å². The van der Waals surface area contributed by atoms with E-state index in [1.165, 1.54) is 47.9 Å². The Hall–Kier alpha value is -1.80. The van der Waals surface area contributed by atoms with Gasteiger partial charge in [-0.25, -0.2) is 0 Å². The Morgan fingerprint density at radius 2 is 1.78 bits per heavy atom. The maximum absolute atomic E-state index is 5.52. The second kappa shape index (κ2) is 5.68. The number of benzene rings is 2. The van der Waals surface area contributed by atoms with Gasteiger partial charge in [-0.2, -0.15) is 0 Å². The summed E-state index contributed by atoms with van der Waals surface area (Å²) in [6.45, 7) is 3.22. The Morgan fingerprint density at radius 1 is 1.04 bits per heavy atom. The smallest absolute Gasteiger partial charge is 0.119 e. The van der Waals surface area contributed by atoms with Crippen LogP contribution in [-0.4, -0.2) is 13.7 Å². The predicted octanol–water partition coefficient (Wildman–Crippen LogP) is 4.51. The van der Waals surface area contributed by atoms with Crippen molar-refractivity contribution in [1.29, 1.82) is 0 Å². The molecule has 0 aromatic heterocycles. The highest BCUT2D eigenvalue weighted by Crippen LogP contribution is 2.48. The SMILES string of the molecule is COc1ccc2c(c1)C1(CCCC1)CNC2c1ccc(C)cc1. The molecule has 1 spiro atoms. The molecule has 0 saturated heterocycles. The third-order valence-corrected chi connectivity index (χ3v) is 5.76.